The molecule has 2 aromatic heterocycles. The van der Waals surface area contributed by atoms with Crippen LogP contribution in [0.4, 0.5) is 0 Å². The van der Waals surface area contributed by atoms with Crippen molar-refractivity contribution in [2.45, 2.75) is 126 Å². The van der Waals surface area contributed by atoms with E-state index >= 15 is 0 Å². The van der Waals surface area contributed by atoms with Crippen LogP contribution in [0.2, 0.25) is 0 Å². The van der Waals surface area contributed by atoms with Gasteiger partial charge in [0.2, 0.25) is 35.4 Å². The highest BCUT2D eigenvalue weighted by molar-refractivity contribution is 7.17. The molecule has 0 saturated carbocycles. The molecule has 520 valence electrons. The Labute approximate surface area is 570 Å². The van der Waals surface area contributed by atoms with E-state index in [1.165, 1.54) is 54.8 Å². The van der Waals surface area contributed by atoms with Gasteiger partial charge < -0.3 is 97.8 Å². The molecular weight excluding hydrogens is 1320 g/mol. The van der Waals surface area contributed by atoms with Crippen LogP contribution >= 0.6 is 48.6 Å². The third-order valence-electron chi connectivity index (χ3n) is 16.0. The van der Waals surface area contributed by atoms with Crippen molar-refractivity contribution in [1.82, 2.24) is 51.6 Å². The van der Waals surface area contributed by atoms with E-state index in [0.29, 0.717) is 42.0 Å². The average molecular weight is 1410 g/mol. The number of nitrogens with zero attached hydrogens (tertiary/aromatic N) is 5. The summed E-state index contributed by atoms with van der Waals surface area (Å²) in [7, 11) is 0. The van der Waals surface area contributed by atoms with E-state index in [2.05, 4.69) is 41.8 Å². The number of nitrogens with one attached hydrogen (secondary N) is 5. The molecule has 3 saturated heterocycles. The van der Waals surface area contributed by atoms with Gasteiger partial charge in [-0.1, -0.05) is 60.7 Å². The van der Waals surface area contributed by atoms with E-state index < -0.39 is 152 Å². The maximum Gasteiger partial charge on any atom is 0.253 e. The van der Waals surface area contributed by atoms with Gasteiger partial charge in [-0.05, 0) is 92.9 Å². The minimum atomic E-state index is -2.05. The molecule has 5 aromatic rings. The quantitative estimate of drug-likeness (QED) is 0.0406. The maximum atomic E-state index is 14.7. The molecule has 95 heavy (non-hydrogen) atoms. The normalized spacial score (nSPS) is 23.9. The number of hydrogen-bond donors (Lipinski definition) is 14. The molecule has 13 atom stereocenters. The van der Waals surface area contributed by atoms with E-state index in [-0.39, 0.29) is 92.5 Å². The lowest BCUT2D eigenvalue weighted by atomic mass is 9.98. The predicted molar refractivity (Wildman–Crippen MR) is 354 cm³/mol. The second-order valence-electron chi connectivity index (χ2n) is 22.9. The Morgan fingerprint density at radius 3 is 2.02 bits per heavy atom. The Hall–Kier alpha value is -7.43. The fourth-order valence-electron chi connectivity index (χ4n) is 10.9. The number of amides is 7. The van der Waals surface area contributed by atoms with Crippen molar-refractivity contribution < 1.29 is 83.5 Å². The molecule has 3 aliphatic rings. The zero-order valence-corrected chi connectivity index (χ0v) is 55.5. The third kappa shape index (κ3) is 20.1. The number of pyridine rings is 1. The lowest BCUT2D eigenvalue weighted by Crippen LogP contribution is -2.64. The largest absolute Gasteiger partial charge is 0.504 e. The minimum Gasteiger partial charge on any atom is -0.504 e. The number of carbonyl (C=O) groups excluding carboxylic acids is 7. The summed E-state index contributed by atoms with van der Waals surface area (Å²) in [5.41, 5.74) is 14.7. The first-order chi connectivity index (χ1) is 44.1. The van der Waals surface area contributed by atoms with E-state index in [9.17, 15) is 69.3 Å². The number of rotatable bonds is 21. The van der Waals surface area contributed by atoms with Gasteiger partial charge in [0.05, 0.1) is 55.4 Å². The number of hydrogen-bond acceptors (Lipinski definition) is 23. The molecule has 7 amide bonds. The van der Waals surface area contributed by atoms with Crippen LogP contribution in [-0.4, -0.2) is 234 Å². The molecule has 29 nitrogen and oxygen atoms in total. The number of aromatic nitrogens is 3. The Morgan fingerprint density at radius 1 is 0.716 bits per heavy atom. The summed E-state index contributed by atoms with van der Waals surface area (Å²) < 4.78 is 16.7. The van der Waals surface area contributed by atoms with Crippen molar-refractivity contribution in [2.75, 3.05) is 59.2 Å². The number of nitrogens with two attached hydrogens (primary N) is 2. The maximum absolute atomic E-state index is 14.7. The van der Waals surface area contributed by atoms with Gasteiger partial charge >= 0.3 is 0 Å². The Kier molecular flexibility index (Phi) is 30.2. The summed E-state index contributed by atoms with van der Waals surface area (Å²) >= 11 is 1.24. The second-order valence-corrected chi connectivity index (χ2v) is 23.8. The van der Waals surface area contributed by atoms with Crippen molar-refractivity contribution >= 4 is 89.9 Å². The molecular formula is C62H83Cl3N12O17S. The van der Waals surface area contributed by atoms with Crippen LogP contribution in [0.1, 0.15) is 62.4 Å². The van der Waals surface area contributed by atoms with E-state index in [1.54, 1.807) is 0 Å². The molecule has 5 heterocycles. The molecule has 0 aliphatic carbocycles. The Morgan fingerprint density at radius 2 is 1.37 bits per heavy atom. The van der Waals surface area contributed by atoms with Crippen LogP contribution in [0.15, 0.2) is 85.1 Å². The highest BCUT2D eigenvalue weighted by Gasteiger charge is 2.50. The average Bonchev–Trinajstić information content (AvgIpc) is 1.72. The Bertz CT molecular complexity index is 3360. The molecule has 16 N–H and O–H groups in total. The van der Waals surface area contributed by atoms with Crippen LogP contribution in [0.25, 0.3) is 32.4 Å². The van der Waals surface area contributed by atoms with Crippen molar-refractivity contribution in [1.29, 1.82) is 0 Å². The summed E-state index contributed by atoms with van der Waals surface area (Å²) in [6.45, 7) is 4.79. The van der Waals surface area contributed by atoms with E-state index in [0.717, 1.165) is 39.2 Å². The van der Waals surface area contributed by atoms with E-state index in [1.807, 2.05) is 55.5 Å². The molecule has 8 rings (SSSR count). The first-order valence-corrected chi connectivity index (χ1v) is 31.2. The number of benzene rings is 3. The lowest BCUT2D eigenvalue weighted by molar-refractivity contribution is -0.147. The Balaban J connectivity index is 0.00000544. The molecule has 3 aliphatic heterocycles. The first kappa shape index (κ1) is 78.3. The number of phenols is 1. The summed E-state index contributed by atoms with van der Waals surface area (Å²) in [5.74, 6) is -8.03. The highest BCUT2D eigenvalue weighted by atomic mass is 35.5. The van der Waals surface area contributed by atoms with Crippen LogP contribution in [0.5, 0.6) is 17.2 Å². The van der Waals surface area contributed by atoms with Gasteiger partial charge in [0, 0.05) is 63.2 Å². The van der Waals surface area contributed by atoms with E-state index in [4.69, 9.17) is 25.7 Å². The monoisotopic (exact) mass is 1400 g/mol. The molecule has 0 unspecified atom stereocenters. The van der Waals surface area contributed by atoms with Crippen LogP contribution in [-0.2, 0) is 39.9 Å². The van der Waals surface area contributed by atoms with Crippen molar-refractivity contribution in [3.05, 3.63) is 96.2 Å². The van der Waals surface area contributed by atoms with Gasteiger partial charge in [-0.3, -0.25) is 38.5 Å². The van der Waals surface area contributed by atoms with Crippen molar-refractivity contribution in [3.8, 4) is 49.6 Å². The minimum absolute atomic E-state index is 0. The summed E-state index contributed by atoms with van der Waals surface area (Å²) in [6, 6.07) is 11.3. The van der Waals surface area contributed by atoms with Crippen molar-refractivity contribution in [3.63, 3.8) is 0 Å². The number of ether oxygens (including phenoxy) is 3. The van der Waals surface area contributed by atoms with Crippen LogP contribution < -0.4 is 47.5 Å². The van der Waals surface area contributed by atoms with Gasteiger partial charge in [-0.15, -0.1) is 47.4 Å². The second kappa shape index (κ2) is 36.6. The standard InChI is InChI=1S/C62H80N12O17S.3ClH/c1-4-89-22-23-90-41-14-11-36(12-15-41)35-7-9-37(10-8-35)59-71-72-60(92-59)42-16-13-38(28-65-42)54(82)67-43-26-39(76)29-66-58(86)52-53(81)32(2)30-74(52)62(88)51(46(79)18-20-64)70-57(85)50(47(80)24-34-6-17-45(78)48(25-34)91-21-5-19-63)69-56(84)44-27-40(77)31-73(44)61(87)49(33(3)75)68-55(43)83;;;/h6-17,25,28,32-33,39-40,43-44,46-47,49-53,75-81H,4-5,18-24,26-27,29-31,63-64H2,1-3H3,(H,66,86)(H,67,82)(H,68,83)(H,69,84)(H,70,85);3*1H/t32-,33+,39+,40+,43-,44-,46+,47+,49-,50-,51-,52-,53-;;;/m0.../s1. The molecule has 0 spiro atoms. The molecule has 3 aromatic carbocycles. The molecule has 33 heteroatoms. The number of aromatic hydroxyl groups is 1. The summed E-state index contributed by atoms with van der Waals surface area (Å²) in [4.78, 5) is 108. The number of halogens is 3. The van der Waals surface area contributed by atoms with Gasteiger partial charge in [0.25, 0.3) is 5.91 Å². The summed E-state index contributed by atoms with van der Waals surface area (Å²) in [6.07, 6.45) is -10.3. The number of aliphatic hydroxyl groups is 6. The molecule has 3 fully saturated rings. The zero-order valence-electron chi connectivity index (χ0n) is 52.2. The van der Waals surface area contributed by atoms with Gasteiger partial charge in [0.15, 0.2) is 16.5 Å². The smallest absolute Gasteiger partial charge is 0.253 e. The zero-order chi connectivity index (χ0) is 66.3. The molecule has 0 radical (unpaired) electrons. The molecule has 0 bridgehead atoms. The number of carbonyl (C=O) groups is 7. The number of aliphatic hydroxyl groups excluding tert-OH is 6. The fraction of sp³-hybridized carbons (Fsp3) is 0.484. The van der Waals surface area contributed by atoms with Gasteiger partial charge in [0.1, 0.15) is 59.3 Å². The van der Waals surface area contributed by atoms with Crippen molar-refractivity contribution in [2.24, 2.45) is 17.4 Å². The third-order valence-corrected chi connectivity index (χ3v) is 17.0. The van der Waals surface area contributed by atoms with Gasteiger partial charge in [-0.2, -0.15) is 0 Å². The lowest BCUT2D eigenvalue weighted by Gasteiger charge is -2.34. The fourth-order valence-corrected chi connectivity index (χ4v) is 11.8. The predicted octanol–water partition coefficient (Wildman–Crippen LogP) is -0.655. The van der Waals surface area contributed by atoms with Crippen LogP contribution in [0.3, 0.4) is 0 Å². The first-order valence-electron chi connectivity index (χ1n) is 30.3. The number of β-amino-alcohol motifs (C(OH)–C–C–N with tert-alkyl or cyclic N) is 1. The topological polar surface area (TPSA) is 446 Å². The number of fused-ring (bicyclic) bond motifs is 2. The highest BCUT2D eigenvalue weighted by Crippen LogP contribution is 2.33. The van der Waals surface area contributed by atoms with Crippen LogP contribution in [0, 0.1) is 5.92 Å². The summed E-state index contributed by atoms with van der Waals surface area (Å²) in [5, 5.41) is 101. The number of phenolic OH excluding ortho intramolecular Hbond substituents is 1. The van der Waals surface area contributed by atoms with Gasteiger partial charge in [-0.25, -0.2) is 0 Å². The SMILES string of the molecule is CCOCCOc1ccc(-c2ccc(-c3nnc(-c4ccc(C(=O)N[C@H]5C[C@@H](O)CNC(=O)[C@@H]6[C@@H](O)[C@@H](C)CN6C(=O)[C@H]([C@H](O)CCN)NC(=O)[C@H]([C@H](O)Cc6ccc(O)c(OCCCN)c6)NC(=O)[C@@H]6C[C@@H](O)CN6C(=O)[C@H]([C@@H](C)O)NC5=O)cn4)s3)cc2)cc1.Cl.Cl.Cl.